The Hall–Kier alpha value is -2.91. The maximum Gasteiger partial charge on any atom is 0.348 e. The number of carbonyl (C=O) groups is 2. The number of halogens is 1. The number of nitrogen functional groups attached to an aromatic ring is 1. The number of anilines is 1. The molecular weight excluding hydrogens is 442 g/mol. The molecule has 2 N–H and O–H groups in total. The van der Waals surface area contributed by atoms with E-state index in [1.165, 1.54) is 11.3 Å². The van der Waals surface area contributed by atoms with Crippen molar-refractivity contribution in [2.75, 3.05) is 18.9 Å². The summed E-state index contributed by atoms with van der Waals surface area (Å²) in [6, 6.07) is 5.32. The minimum atomic E-state index is -0.452. The Labute approximate surface area is 187 Å². The number of benzene rings is 1. The lowest BCUT2D eigenvalue weighted by Gasteiger charge is -2.24. The fraction of sp³-hybridized carbons (Fsp3) is 0.333. The molecule has 0 saturated carbocycles. The molecule has 2 aromatic heterocycles. The second-order valence-corrected chi connectivity index (χ2v) is 8.49. The van der Waals surface area contributed by atoms with E-state index in [2.05, 4.69) is 9.97 Å². The second-order valence-electron chi connectivity index (χ2n) is 7.05. The number of rotatable bonds is 5. The van der Waals surface area contributed by atoms with E-state index in [1.54, 1.807) is 32.0 Å². The Morgan fingerprint density at radius 3 is 2.90 bits per heavy atom. The minimum Gasteiger partial charge on any atom is -0.492 e. The highest BCUT2D eigenvalue weighted by molar-refractivity contribution is 7.20. The monoisotopic (exact) mass is 461 g/mol. The van der Waals surface area contributed by atoms with Crippen LogP contribution in [0.5, 0.6) is 5.75 Å². The third kappa shape index (κ3) is 4.28. The fourth-order valence-electron chi connectivity index (χ4n) is 3.44. The first-order valence-corrected chi connectivity index (χ1v) is 10.9. The summed E-state index contributed by atoms with van der Waals surface area (Å²) in [4.78, 5) is 34.3. The summed E-state index contributed by atoms with van der Waals surface area (Å²) in [6.07, 6.45) is 0.476. The number of nitrogens with zero attached hydrogens (tertiary/aromatic N) is 2. The van der Waals surface area contributed by atoms with E-state index in [0.29, 0.717) is 32.1 Å². The molecule has 0 bridgehead atoms. The average molecular weight is 462 g/mol. The first kappa shape index (κ1) is 21.3. The topological polar surface area (TPSA) is 114 Å². The Bertz CT molecular complexity index is 1180. The van der Waals surface area contributed by atoms with E-state index >= 15 is 0 Å². The van der Waals surface area contributed by atoms with Crippen LogP contribution in [-0.2, 0) is 27.3 Å². The number of aryl methyl sites for hydroxylation is 1. The van der Waals surface area contributed by atoms with Gasteiger partial charge in [-0.3, -0.25) is 4.79 Å². The van der Waals surface area contributed by atoms with Gasteiger partial charge in [0.1, 0.15) is 27.9 Å². The summed E-state index contributed by atoms with van der Waals surface area (Å²) in [5.74, 6) is -0.0810. The van der Waals surface area contributed by atoms with Crippen molar-refractivity contribution in [2.24, 2.45) is 5.92 Å². The molecule has 1 aliphatic rings. The summed E-state index contributed by atoms with van der Waals surface area (Å²) < 4.78 is 16.1. The summed E-state index contributed by atoms with van der Waals surface area (Å²) in [6.45, 7) is 3.88. The van der Waals surface area contributed by atoms with Gasteiger partial charge in [-0.25, -0.2) is 14.8 Å². The van der Waals surface area contributed by atoms with Crippen LogP contribution < -0.4 is 10.5 Å². The minimum absolute atomic E-state index is 0.135. The van der Waals surface area contributed by atoms with Crippen LogP contribution in [-0.4, -0.2) is 35.1 Å². The van der Waals surface area contributed by atoms with Crippen molar-refractivity contribution in [3.05, 3.63) is 45.1 Å². The third-order valence-electron chi connectivity index (χ3n) is 4.93. The molecule has 0 fully saturated rings. The van der Waals surface area contributed by atoms with Gasteiger partial charge >= 0.3 is 11.9 Å². The maximum absolute atomic E-state index is 12.6. The molecule has 0 radical (unpaired) electrons. The summed E-state index contributed by atoms with van der Waals surface area (Å²) in [5, 5.41) is 1.19. The molecule has 0 spiro atoms. The molecule has 1 aliphatic heterocycles. The number of fused-ring (bicyclic) bond motifs is 2. The highest BCUT2D eigenvalue weighted by atomic mass is 35.5. The summed E-state index contributed by atoms with van der Waals surface area (Å²) in [5.41, 5.74) is 7.63. The van der Waals surface area contributed by atoms with Crippen LogP contribution in [0.2, 0.25) is 5.02 Å². The van der Waals surface area contributed by atoms with Crippen LogP contribution in [0.25, 0.3) is 10.2 Å². The molecule has 0 amide bonds. The molecule has 1 unspecified atom stereocenters. The first-order valence-electron chi connectivity index (χ1n) is 9.67. The highest BCUT2D eigenvalue weighted by Gasteiger charge is 2.28. The molecule has 4 rings (SSSR count). The number of esters is 2. The summed E-state index contributed by atoms with van der Waals surface area (Å²) in [7, 11) is 0. The van der Waals surface area contributed by atoms with Gasteiger partial charge in [0.2, 0.25) is 0 Å². The van der Waals surface area contributed by atoms with Crippen molar-refractivity contribution < 1.29 is 23.8 Å². The molecule has 8 nitrogen and oxygen atoms in total. The van der Waals surface area contributed by atoms with Gasteiger partial charge < -0.3 is 19.9 Å². The van der Waals surface area contributed by atoms with Gasteiger partial charge in [0.15, 0.2) is 12.4 Å². The number of carbonyl (C=O) groups excluding carboxylic acids is 2. The van der Waals surface area contributed by atoms with Crippen molar-refractivity contribution in [3.63, 3.8) is 0 Å². The third-order valence-corrected chi connectivity index (χ3v) is 6.33. The highest BCUT2D eigenvalue weighted by Crippen LogP contribution is 2.33. The van der Waals surface area contributed by atoms with E-state index in [-0.39, 0.29) is 31.5 Å². The number of aromatic nitrogens is 2. The lowest BCUT2D eigenvalue weighted by Crippen LogP contribution is -2.29. The van der Waals surface area contributed by atoms with Crippen molar-refractivity contribution in [3.8, 4) is 5.75 Å². The Morgan fingerprint density at radius 2 is 2.13 bits per heavy atom. The average Bonchev–Trinajstić information content (AvgIpc) is 3.08. The zero-order chi connectivity index (χ0) is 22.1. The molecule has 3 heterocycles. The number of hydrogen-bond acceptors (Lipinski definition) is 9. The smallest absolute Gasteiger partial charge is 0.348 e. The first-order chi connectivity index (χ1) is 14.9. The summed E-state index contributed by atoms with van der Waals surface area (Å²) >= 11 is 7.21. The van der Waals surface area contributed by atoms with E-state index in [9.17, 15) is 9.59 Å². The predicted molar refractivity (Wildman–Crippen MR) is 116 cm³/mol. The van der Waals surface area contributed by atoms with Crippen LogP contribution in [0.4, 0.5) is 5.82 Å². The van der Waals surface area contributed by atoms with Crippen molar-refractivity contribution in [2.45, 2.75) is 26.9 Å². The van der Waals surface area contributed by atoms with E-state index in [1.807, 2.05) is 0 Å². The Kier molecular flexibility index (Phi) is 5.97. The largest absolute Gasteiger partial charge is 0.492 e. The van der Waals surface area contributed by atoms with Gasteiger partial charge in [-0.05, 0) is 49.6 Å². The van der Waals surface area contributed by atoms with E-state index in [0.717, 1.165) is 11.3 Å². The van der Waals surface area contributed by atoms with Gasteiger partial charge in [-0.2, -0.15) is 0 Å². The lowest BCUT2D eigenvalue weighted by molar-refractivity contribution is -0.151. The van der Waals surface area contributed by atoms with E-state index in [4.69, 9.17) is 31.5 Å². The second kappa shape index (κ2) is 8.68. The molecule has 1 atom stereocenters. The molecule has 0 aliphatic carbocycles. The van der Waals surface area contributed by atoms with Crippen molar-refractivity contribution in [1.29, 1.82) is 0 Å². The standard InChI is InChI=1S/C21H20ClN3O5S/c1-3-28-21(27)17-10(2)16-18(23)24-15(25-19(16)31-17)9-30-20(26)12-6-11-7-13(22)4-5-14(11)29-8-12/h4-5,7,12H,3,6,8-9H2,1-2H3,(H2,23,24,25). The fourth-order valence-corrected chi connectivity index (χ4v) is 4.74. The van der Waals surface area contributed by atoms with Gasteiger partial charge in [-0.15, -0.1) is 11.3 Å². The number of hydrogen-bond donors (Lipinski definition) is 1. The van der Waals surface area contributed by atoms with Crippen LogP contribution in [0.15, 0.2) is 18.2 Å². The zero-order valence-corrected chi connectivity index (χ0v) is 18.5. The molecular formula is C21H20ClN3O5S. The SMILES string of the molecule is CCOC(=O)c1sc2nc(COC(=O)C3COc4ccc(Cl)cc4C3)nc(N)c2c1C. The van der Waals surface area contributed by atoms with Crippen LogP contribution in [0.1, 0.15) is 33.5 Å². The normalized spacial score (nSPS) is 15.3. The number of thiophene rings is 1. The molecule has 162 valence electrons. The van der Waals surface area contributed by atoms with Crippen LogP contribution in [0.3, 0.4) is 0 Å². The van der Waals surface area contributed by atoms with Crippen molar-refractivity contribution >= 4 is 50.9 Å². The maximum atomic E-state index is 12.6. The molecule has 0 saturated heterocycles. The van der Waals surface area contributed by atoms with E-state index < -0.39 is 17.9 Å². The van der Waals surface area contributed by atoms with Crippen molar-refractivity contribution in [1.82, 2.24) is 9.97 Å². The Morgan fingerprint density at radius 1 is 1.32 bits per heavy atom. The Balaban J connectivity index is 1.47. The van der Waals surface area contributed by atoms with Gasteiger partial charge in [-0.1, -0.05) is 11.6 Å². The quantitative estimate of drug-likeness (QED) is 0.572. The lowest BCUT2D eigenvalue weighted by atomic mass is 9.97. The molecule has 3 aromatic rings. The number of ether oxygens (including phenoxy) is 3. The predicted octanol–water partition coefficient (Wildman–Crippen LogP) is 3.71. The van der Waals surface area contributed by atoms with Gasteiger partial charge in [0, 0.05) is 5.02 Å². The van der Waals surface area contributed by atoms with Crippen LogP contribution in [0, 0.1) is 12.8 Å². The number of nitrogens with two attached hydrogens (primary N) is 1. The molecule has 1 aromatic carbocycles. The molecule has 10 heteroatoms. The van der Waals surface area contributed by atoms with Gasteiger partial charge in [0.25, 0.3) is 0 Å². The van der Waals surface area contributed by atoms with Gasteiger partial charge in [0.05, 0.1) is 17.9 Å². The molecule has 31 heavy (non-hydrogen) atoms. The van der Waals surface area contributed by atoms with Crippen LogP contribution >= 0.6 is 22.9 Å². The zero-order valence-electron chi connectivity index (χ0n) is 16.9.